The van der Waals surface area contributed by atoms with Gasteiger partial charge in [0.15, 0.2) is 4.80 Å². The smallest absolute Gasteiger partial charge is 0.338 e. The summed E-state index contributed by atoms with van der Waals surface area (Å²) in [5, 5.41) is 4.13. The Morgan fingerprint density at radius 2 is 2.04 bits per heavy atom. The van der Waals surface area contributed by atoms with Crippen LogP contribution in [0.4, 0.5) is 0 Å². The van der Waals surface area contributed by atoms with Gasteiger partial charge in [0.2, 0.25) is 0 Å². The Hall–Kier alpha value is -3.26. The number of nitrogens with zero attached hydrogens (tertiary/aromatic N) is 4. The monoisotopic (exact) mass is 394 g/mol. The van der Waals surface area contributed by atoms with Gasteiger partial charge in [-0.3, -0.25) is 14.0 Å². The normalized spacial score (nSPS) is 16.7. The largest absolute Gasteiger partial charge is 0.466 e. The van der Waals surface area contributed by atoms with Crippen LogP contribution in [0.15, 0.2) is 63.8 Å². The first-order valence-corrected chi connectivity index (χ1v) is 9.45. The topological polar surface area (TPSA) is 78.5 Å². The van der Waals surface area contributed by atoms with Gasteiger partial charge in [-0.2, -0.15) is 5.10 Å². The minimum atomic E-state index is -0.582. The minimum absolute atomic E-state index is 0.199. The van der Waals surface area contributed by atoms with Crippen LogP contribution in [0.5, 0.6) is 0 Å². The van der Waals surface area contributed by atoms with Crippen molar-refractivity contribution in [3.05, 3.63) is 84.8 Å². The van der Waals surface area contributed by atoms with Gasteiger partial charge in [0.25, 0.3) is 5.56 Å². The van der Waals surface area contributed by atoms with Gasteiger partial charge in [0, 0.05) is 18.8 Å². The quantitative estimate of drug-likeness (QED) is 0.624. The van der Waals surface area contributed by atoms with Crippen molar-refractivity contribution in [1.29, 1.82) is 0 Å². The molecule has 0 saturated heterocycles. The molecule has 28 heavy (non-hydrogen) atoms. The number of aryl methyl sites for hydroxylation is 1. The van der Waals surface area contributed by atoms with Crippen LogP contribution in [0.3, 0.4) is 0 Å². The summed E-state index contributed by atoms with van der Waals surface area (Å²) in [6, 6.07) is 8.86. The number of carbonyl (C=O) groups is 1. The summed E-state index contributed by atoms with van der Waals surface area (Å²) in [6.07, 6.45) is 5.31. The number of methoxy groups -OCH3 is 1. The molecule has 0 saturated carbocycles. The third kappa shape index (κ3) is 3.01. The van der Waals surface area contributed by atoms with Gasteiger partial charge in [-0.05, 0) is 18.6 Å². The van der Waals surface area contributed by atoms with E-state index in [1.54, 1.807) is 28.4 Å². The molecule has 0 aliphatic carbocycles. The molecule has 3 heterocycles. The molecule has 3 aromatic rings. The molecule has 0 spiro atoms. The highest BCUT2D eigenvalue weighted by Gasteiger charge is 2.32. The van der Waals surface area contributed by atoms with Crippen LogP contribution in [0.1, 0.15) is 24.1 Å². The number of carbonyl (C=O) groups excluding carboxylic acids is 1. The van der Waals surface area contributed by atoms with E-state index in [9.17, 15) is 9.59 Å². The van der Waals surface area contributed by atoms with Crippen molar-refractivity contribution in [2.24, 2.45) is 12.0 Å². The number of thiazole rings is 1. The molecule has 0 N–H and O–H groups in total. The lowest BCUT2D eigenvalue weighted by Gasteiger charge is -2.24. The summed E-state index contributed by atoms with van der Waals surface area (Å²) in [6.45, 7) is 1.76. The molecule has 4 rings (SSSR count). The molecule has 7 nitrogen and oxygen atoms in total. The van der Waals surface area contributed by atoms with Crippen molar-refractivity contribution in [2.75, 3.05) is 7.11 Å². The van der Waals surface area contributed by atoms with Crippen LogP contribution in [0, 0.1) is 0 Å². The van der Waals surface area contributed by atoms with Crippen molar-refractivity contribution < 1.29 is 9.53 Å². The summed E-state index contributed by atoms with van der Waals surface area (Å²) in [5.41, 5.74) is 2.37. The van der Waals surface area contributed by atoms with E-state index in [4.69, 9.17) is 4.74 Å². The molecule has 8 heteroatoms. The summed E-state index contributed by atoms with van der Waals surface area (Å²) >= 11 is 1.29. The van der Waals surface area contributed by atoms with Crippen molar-refractivity contribution in [2.45, 2.75) is 13.0 Å². The first-order chi connectivity index (χ1) is 13.5. The van der Waals surface area contributed by atoms with Crippen LogP contribution in [-0.4, -0.2) is 27.4 Å². The van der Waals surface area contributed by atoms with E-state index < -0.39 is 12.0 Å². The molecule has 0 fully saturated rings. The summed E-state index contributed by atoms with van der Waals surface area (Å²) < 4.78 is 8.76. The number of esters is 1. The Bertz CT molecular complexity index is 1260. The van der Waals surface area contributed by atoms with Crippen molar-refractivity contribution in [1.82, 2.24) is 14.3 Å². The zero-order chi connectivity index (χ0) is 19.8. The molecule has 142 valence electrons. The van der Waals surface area contributed by atoms with Gasteiger partial charge in [-0.25, -0.2) is 9.79 Å². The van der Waals surface area contributed by atoms with E-state index in [0.717, 1.165) is 11.1 Å². The predicted octanol–water partition coefficient (Wildman–Crippen LogP) is 1.14. The molecule has 0 radical (unpaired) electrons. The number of rotatable bonds is 3. The molecule has 0 bridgehead atoms. The standard InChI is InChI=1S/C20H18N4O3S/c1-12-16(19(26)27-3)17(14-7-5-4-6-8-14)24-18(25)15(28-20(24)22-12)9-13-10-21-23(2)11-13/h4-11,17H,1-3H3/b15-9-/t17-/m1/s1. The second kappa shape index (κ2) is 7.05. The van der Waals surface area contributed by atoms with Gasteiger partial charge in [-0.1, -0.05) is 41.7 Å². The molecule has 0 amide bonds. The van der Waals surface area contributed by atoms with Crippen LogP contribution >= 0.6 is 11.3 Å². The maximum atomic E-state index is 13.3. The maximum Gasteiger partial charge on any atom is 0.338 e. The van der Waals surface area contributed by atoms with Gasteiger partial charge in [0.05, 0.1) is 35.2 Å². The number of benzene rings is 1. The lowest BCUT2D eigenvalue weighted by atomic mass is 9.96. The Morgan fingerprint density at radius 1 is 1.29 bits per heavy atom. The second-order valence-corrected chi connectivity index (χ2v) is 7.44. The van der Waals surface area contributed by atoms with Gasteiger partial charge >= 0.3 is 5.97 Å². The first-order valence-electron chi connectivity index (χ1n) is 8.64. The third-order valence-electron chi connectivity index (χ3n) is 4.56. The molecular formula is C20H18N4O3S. The Balaban J connectivity index is 1.99. The van der Waals surface area contributed by atoms with Crippen LogP contribution in [0.25, 0.3) is 6.08 Å². The lowest BCUT2D eigenvalue weighted by molar-refractivity contribution is -0.136. The third-order valence-corrected chi connectivity index (χ3v) is 5.55. The Labute approximate surface area is 164 Å². The average Bonchev–Trinajstić information content (AvgIpc) is 3.24. The zero-order valence-electron chi connectivity index (χ0n) is 15.6. The van der Waals surface area contributed by atoms with E-state index in [1.165, 1.54) is 18.4 Å². The van der Waals surface area contributed by atoms with E-state index in [1.807, 2.05) is 43.6 Å². The second-order valence-electron chi connectivity index (χ2n) is 6.43. The summed E-state index contributed by atoms with van der Waals surface area (Å²) in [7, 11) is 3.15. The number of allylic oxidation sites excluding steroid dienone is 1. The molecule has 1 aromatic carbocycles. The molecule has 1 aliphatic heterocycles. The van der Waals surface area contributed by atoms with E-state index in [2.05, 4.69) is 10.1 Å². The molecular weight excluding hydrogens is 376 g/mol. The number of hydrogen-bond donors (Lipinski definition) is 0. The van der Waals surface area contributed by atoms with Crippen molar-refractivity contribution in [3.63, 3.8) is 0 Å². The van der Waals surface area contributed by atoms with Crippen LogP contribution in [-0.2, 0) is 16.6 Å². The summed E-state index contributed by atoms with van der Waals surface area (Å²) in [4.78, 5) is 30.8. The van der Waals surface area contributed by atoms with Gasteiger partial charge < -0.3 is 4.74 Å². The SMILES string of the molecule is COC(=O)C1=C(C)N=c2s/c(=C\c3cnn(C)c3)c(=O)n2[C@@H]1c1ccccc1. The first kappa shape index (κ1) is 18.1. The summed E-state index contributed by atoms with van der Waals surface area (Å²) in [5.74, 6) is -0.489. The molecule has 1 aliphatic rings. The van der Waals surface area contributed by atoms with Crippen LogP contribution < -0.4 is 14.9 Å². The van der Waals surface area contributed by atoms with Crippen molar-refractivity contribution >= 4 is 23.4 Å². The van der Waals surface area contributed by atoms with E-state index >= 15 is 0 Å². The van der Waals surface area contributed by atoms with Gasteiger partial charge in [-0.15, -0.1) is 0 Å². The number of aromatic nitrogens is 3. The van der Waals surface area contributed by atoms with Crippen LogP contribution in [0.2, 0.25) is 0 Å². The highest BCUT2D eigenvalue weighted by Crippen LogP contribution is 2.30. The van der Waals surface area contributed by atoms with Crippen molar-refractivity contribution in [3.8, 4) is 0 Å². The van der Waals surface area contributed by atoms with E-state index in [0.29, 0.717) is 20.6 Å². The highest BCUT2D eigenvalue weighted by molar-refractivity contribution is 7.07. The number of fused-ring (bicyclic) bond motifs is 1. The fraction of sp³-hybridized carbons (Fsp3) is 0.200. The fourth-order valence-electron chi connectivity index (χ4n) is 3.31. The number of ether oxygens (including phenoxy) is 1. The Kier molecular flexibility index (Phi) is 4.56. The zero-order valence-corrected chi connectivity index (χ0v) is 16.4. The number of hydrogen-bond acceptors (Lipinski definition) is 6. The molecule has 1 atom stereocenters. The Morgan fingerprint density at radius 3 is 2.68 bits per heavy atom. The highest BCUT2D eigenvalue weighted by atomic mass is 32.1. The van der Waals surface area contributed by atoms with Gasteiger partial charge in [0.1, 0.15) is 0 Å². The maximum absolute atomic E-state index is 13.3. The predicted molar refractivity (Wildman–Crippen MR) is 105 cm³/mol. The lowest BCUT2D eigenvalue weighted by Crippen LogP contribution is -2.39. The average molecular weight is 394 g/mol. The van der Waals surface area contributed by atoms with E-state index in [-0.39, 0.29) is 5.56 Å². The molecule has 0 unspecified atom stereocenters. The molecule has 2 aromatic heterocycles. The fourth-order valence-corrected chi connectivity index (χ4v) is 4.36. The minimum Gasteiger partial charge on any atom is -0.466 e.